The molecule has 2 aromatic carbocycles. The van der Waals surface area contributed by atoms with Crippen LogP contribution in [-0.4, -0.2) is 23.0 Å². The Hall–Kier alpha value is -3.87. The summed E-state index contributed by atoms with van der Waals surface area (Å²) in [5.74, 6) is -1.10. The molecule has 0 N–H and O–H groups in total. The van der Waals surface area contributed by atoms with Gasteiger partial charge in [-0.1, -0.05) is 60.0 Å². The summed E-state index contributed by atoms with van der Waals surface area (Å²) in [7, 11) is 1.47. The molecule has 0 saturated heterocycles. The van der Waals surface area contributed by atoms with Crippen LogP contribution in [0.4, 0.5) is 0 Å². The maximum absolute atomic E-state index is 12.5. The number of rotatable bonds is 4. The van der Waals surface area contributed by atoms with Gasteiger partial charge >= 0.3 is 17.1 Å². The molecule has 4 aromatic rings. The van der Waals surface area contributed by atoms with Gasteiger partial charge in [0, 0.05) is 5.97 Å². The van der Waals surface area contributed by atoms with Crippen molar-refractivity contribution in [2.24, 2.45) is 0 Å². The van der Waals surface area contributed by atoms with Gasteiger partial charge in [-0.05, 0) is 48.4 Å². The Morgan fingerprint density at radius 3 is 1.73 bits per heavy atom. The monoisotopic (exact) mass is 482 g/mol. The molecule has 0 atom stereocenters. The minimum Gasteiger partial charge on any atom is -0.872 e. The van der Waals surface area contributed by atoms with E-state index in [0.717, 1.165) is 6.92 Å². The first-order valence-electron chi connectivity index (χ1n) is 9.63. The number of nitrogens with zero attached hydrogens (tertiary/aromatic N) is 2. The largest absolute Gasteiger partial charge is 3.00 e. The molecule has 0 fully saturated rings. The Labute approximate surface area is 201 Å². The second-order valence-electron chi connectivity index (χ2n) is 6.64. The van der Waals surface area contributed by atoms with Gasteiger partial charge in [0.05, 0.1) is 29.9 Å². The summed E-state index contributed by atoms with van der Waals surface area (Å²) in [5, 5.41) is 33.5. The van der Waals surface area contributed by atoms with E-state index >= 15 is 0 Å². The van der Waals surface area contributed by atoms with Gasteiger partial charge in [0.15, 0.2) is 0 Å². The molecule has 4 rings (SSSR count). The van der Waals surface area contributed by atoms with Crippen LogP contribution in [0.1, 0.15) is 6.92 Å². The predicted molar refractivity (Wildman–Crippen MR) is 114 cm³/mol. The number of para-hydroxylation sites is 2. The van der Waals surface area contributed by atoms with Gasteiger partial charge < -0.3 is 24.9 Å². The molecule has 0 aliphatic heterocycles. The fraction of sp³-hybridized carbons (Fsp3) is 0.0800. The van der Waals surface area contributed by atoms with E-state index < -0.39 is 5.97 Å². The van der Waals surface area contributed by atoms with Crippen LogP contribution in [0.3, 0.4) is 0 Å². The Bertz CT molecular complexity index is 1240. The van der Waals surface area contributed by atoms with Crippen LogP contribution in [0.2, 0.25) is 0 Å². The number of pyridine rings is 2. The summed E-state index contributed by atoms with van der Waals surface area (Å²) in [6.07, 6.45) is 0. The first kappa shape index (κ1) is 25.4. The van der Waals surface area contributed by atoms with Gasteiger partial charge in [-0.3, -0.25) is 0 Å². The van der Waals surface area contributed by atoms with Gasteiger partial charge in [-0.25, -0.2) is 9.97 Å². The number of carbonyl (C=O) groups excluding carboxylic acids is 1. The van der Waals surface area contributed by atoms with E-state index in [1.54, 1.807) is 42.5 Å². The van der Waals surface area contributed by atoms with Crippen molar-refractivity contribution in [3.05, 3.63) is 78.9 Å². The smallest absolute Gasteiger partial charge is 0.872 e. The van der Waals surface area contributed by atoms with Gasteiger partial charge in [0.1, 0.15) is 5.75 Å². The number of ether oxygens (including phenoxy) is 1. The molecule has 0 radical (unpaired) electrons. The normalized spacial score (nSPS) is 9.76. The van der Waals surface area contributed by atoms with Crippen molar-refractivity contribution in [3.8, 4) is 51.2 Å². The Morgan fingerprint density at radius 1 is 0.727 bits per heavy atom. The van der Waals surface area contributed by atoms with Crippen LogP contribution >= 0.6 is 0 Å². The molecule has 166 valence electrons. The molecule has 0 unspecified atom stereocenters. The van der Waals surface area contributed by atoms with Crippen molar-refractivity contribution in [1.29, 1.82) is 0 Å². The maximum atomic E-state index is 12.5. The van der Waals surface area contributed by atoms with Crippen molar-refractivity contribution in [2.45, 2.75) is 6.92 Å². The molecular weight excluding hydrogens is 463 g/mol. The average molecular weight is 482 g/mol. The average Bonchev–Trinajstić information content (AvgIpc) is 2.79. The molecule has 0 saturated carbocycles. The number of benzene rings is 2. The van der Waals surface area contributed by atoms with Crippen LogP contribution in [0.15, 0.2) is 78.9 Å². The standard InChI is InChI=1S/C23H18N2O3.C2H4O2.Mn/c1-28-22-14-4-8-16(23(22)27)18-10-6-12-20(25-18)19-11-5-9-17(24-19)15-7-2-3-13-21(15)26;1-2(3)4;/h2-14,26-27H,1H3;1H3,(H,3,4);/q;;+3/p-3. The van der Waals surface area contributed by atoms with Crippen LogP contribution in [0, 0.1) is 0 Å². The van der Waals surface area contributed by atoms with Crippen LogP contribution in [0.25, 0.3) is 33.9 Å². The number of carboxylic acid groups (broad SMARTS) is 1. The van der Waals surface area contributed by atoms with E-state index in [9.17, 15) is 10.2 Å². The van der Waals surface area contributed by atoms with Crippen molar-refractivity contribution in [2.75, 3.05) is 7.11 Å². The van der Waals surface area contributed by atoms with E-state index in [4.69, 9.17) is 14.6 Å². The van der Waals surface area contributed by atoms with Crippen LogP contribution < -0.4 is 20.1 Å². The molecule has 0 spiro atoms. The van der Waals surface area contributed by atoms with Crippen LogP contribution in [0.5, 0.6) is 17.2 Å². The van der Waals surface area contributed by atoms with E-state index in [-0.39, 0.29) is 34.3 Å². The summed E-state index contributed by atoms with van der Waals surface area (Å²) in [4.78, 5) is 18.1. The Morgan fingerprint density at radius 2 is 1.18 bits per heavy atom. The van der Waals surface area contributed by atoms with Crippen molar-refractivity contribution < 1.29 is 41.9 Å². The van der Waals surface area contributed by atoms with Crippen molar-refractivity contribution in [3.63, 3.8) is 0 Å². The third-order valence-electron chi connectivity index (χ3n) is 4.40. The second kappa shape index (κ2) is 11.7. The molecule has 0 aliphatic carbocycles. The molecule has 0 bridgehead atoms. The minimum absolute atomic E-state index is 0. The summed E-state index contributed by atoms with van der Waals surface area (Å²) in [6.45, 7) is 0.972. The SMILES string of the molecule is CC(=O)[O-].COc1cccc(-c2cccc(-c3cccc(-c4ccccc4[O-])n3)n2)c1[O-].[Mn+3]. The summed E-state index contributed by atoms with van der Waals surface area (Å²) in [5.41, 5.74) is 3.36. The molecule has 2 aromatic heterocycles. The van der Waals surface area contributed by atoms with E-state index in [1.165, 1.54) is 13.2 Å². The number of aromatic nitrogens is 2. The summed E-state index contributed by atoms with van der Waals surface area (Å²) >= 11 is 0. The minimum atomic E-state index is -1.08. The number of methoxy groups -OCH3 is 1. The second-order valence-corrected chi connectivity index (χ2v) is 6.64. The fourth-order valence-electron chi connectivity index (χ4n) is 3.01. The number of hydrogen-bond acceptors (Lipinski definition) is 7. The van der Waals surface area contributed by atoms with Gasteiger partial charge in [-0.15, -0.1) is 0 Å². The van der Waals surface area contributed by atoms with Gasteiger partial charge in [0.25, 0.3) is 0 Å². The zero-order valence-corrected chi connectivity index (χ0v) is 19.0. The molecule has 7 nitrogen and oxygen atoms in total. The van der Waals surface area contributed by atoms with E-state index in [0.29, 0.717) is 33.9 Å². The molecule has 2 heterocycles. The third-order valence-corrected chi connectivity index (χ3v) is 4.40. The quantitative estimate of drug-likeness (QED) is 0.410. The third kappa shape index (κ3) is 6.32. The number of aliphatic carboxylic acids is 1. The first-order valence-corrected chi connectivity index (χ1v) is 9.63. The zero-order chi connectivity index (χ0) is 23.1. The van der Waals surface area contributed by atoms with Crippen LogP contribution in [-0.2, 0) is 21.9 Å². The number of hydrogen-bond donors (Lipinski definition) is 0. The topological polar surface area (TPSA) is 121 Å². The molecule has 33 heavy (non-hydrogen) atoms. The maximum Gasteiger partial charge on any atom is 3.00 e. The molecule has 0 aliphatic rings. The zero-order valence-electron chi connectivity index (χ0n) is 17.8. The molecule has 8 heteroatoms. The van der Waals surface area contributed by atoms with Gasteiger partial charge in [0.2, 0.25) is 0 Å². The van der Waals surface area contributed by atoms with E-state index in [1.807, 2.05) is 30.3 Å². The molecular formula is C25H19MnN2O5. The fourth-order valence-corrected chi connectivity index (χ4v) is 3.01. The molecule has 0 amide bonds. The Kier molecular flexibility index (Phi) is 8.97. The summed E-state index contributed by atoms with van der Waals surface area (Å²) in [6, 6.07) is 22.8. The van der Waals surface area contributed by atoms with Crippen molar-refractivity contribution in [1.82, 2.24) is 9.97 Å². The van der Waals surface area contributed by atoms with Gasteiger partial charge in [-0.2, -0.15) is 0 Å². The number of carboxylic acids is 1. The Balaban J connectivity index is 0.000000714. The predicted octanol–water partition coefficient (Wildman–Crippen LogP) is 2.39. The van der Waals surface area contributed by atoms with Crippen molar-refractivity contribution >= 4 is 5.97 Å². The van der Waals surface area contributed by atoms with E-state index in [2.05, 4.69) is 9.97 Å². The number of carbonyl (C=O) groups is 1. The first-order chi connectivity index (χ1) is 15.4. The summed E-state index contributed by atoms with van der Waals surface area (Å²) < 4.78 is 5.12.